The van der Waals surface area contributed by atoms with Crippen molar-refractivity contribution in [3.63, 3.8) is 0 Å². The molecule has 2 aliphatic carbocycles. The van der Waals surface area contributed by atoms with E-state index in [0.29, 0.717) is 34.7 Å². The summed E-state index contributed by atoms with van der Waals surface area (Å²) in [6.45, 7) is 0. The first kappa shape index (κ1) is 23.8. The fraction of sp³-hybridized carbons (Fsp3) is 0.444. The first-order chi connectivity index (χ1) is 16.8. The third-order valence-corrected chi connectivity index (χ3v) is 8.56. The van der Waals surface area contributed by atoms with Crippen molar-refractivity contribution in [3.05, 3.63) is 62.7 Å². The fourth-order valence-corrected chi connectivity index (χ4v) is 7.11. The van der Waals surface area contributed by atoms with Crippen molar-refractivity contribution in [1.29, 1.82) is 5.26 Å². The molecule has 0 radical (unpaired) electrons. The van der Waals surface area contributed by atoms with E-state index in [1.54, 1.807) is 0 Å². The highest BCUT2D eigenvalue weighted by Crippen LogP contribution is 2.49. The van der Waals surface area contributed by atoms with Gasteiger partial charge in [-0.25, -0.2) is 0 Å². The monoisotopic (exact) mass is 498 g/mol. The van der Waals surface area contributed by atoms with Gasteiger partial charge < -0.3 is 0 Å². The average molecular weight is 499 g/mol. The number of carbonyl (C=O) groups excluding carboxylic acids is 2. The minimum absolute atomic E-state index is 0.0327. The van der Waals surface area contributed by atoms with Crippen LogP contribution in [0, 0.1) is 11.3 Å². The highest BCUT2D eigenvalue weighted by Gasteiger charge is 2.44. The summed E-state index contributed by atoms with van der Waals surface area (Å²) >= 11 is 1.44. The van der Waals surface area contributed by atoms with Gasteiger partial charge in [0.25, 0.3) is 0 Å². The molecule has 1 amide bonds. The number of hydrogen-bond donors (Lipinski definition) is 0. The number of hydrogen-bond acceptors (Lipinski definition) is 4. The van der Waals surface area contributed by atoms with Crippen molar-refractivity contribution >= 4 is 28.0 Å². The van der Waals surface area contributed by atoms with Crippen LogP contribution in [0.1, 0.15) is 84.4 Å². The van der Waals surface area contributed by atoms with Crippen molar-refractivity contribution in [3.8, 4) is 6.07 Å². The molecule has 4 nitrogen and oxygen atoms in total. The number of aryl methyl sites for hydroxylation is 1. The number of fused-ring (bicyclic) bond motifs is 1. The van der Waals surface area contributed by atoms with Crippen LogP contribution in [-0.2, 0) is 28.6 Å². The van der Waals surface area contributed by atoms with Crippen LogP contribution in [0.2, 0.25) is 0 Å². The molecule has 0 saturated carbocycles. The maximum Gasteiger partial charge on any atom is 0.416 e. The normalized spacial score (nSPS) is 21.2. The highest BCUT2D eigenvalue weighted by molar-refractivity contribution is 7.16. The van der Waals surface area contributed by atoms with Crippen LogP contribution in [0.5, 0.6) is 0 Å². The van der Waals surface area contributed by atoms with E-state index in [-0.39, 0.29) is 30.1 Å². The third-order valence-electron chi connectivity index (χ3n) is 7.28. The summed E-state index contributed by atoms with van der Waals surface area (Å²) in [6.07, 6.45) is 2.24. The quantitative estimate of drug-likeness (QED) is 0.456. The second-order valence-corrected chi connectivity index (χ2v) is 10.5. The molecule has 35 heavy (non-hydrogen) atoms. The molecule has 8 heteroatoms. The number of Topliss-reactive ketones (excluding diaryl/α,β-unsaturated/α-hetero) is 1. The van der Waals surface area contributed by atoms with E-state index in [1.807, 2.05) is 0 Å². The van der Waals surface area contributed by atoms with E-state index in [0.717, 1.165) is 55.0 Å². The lowest BCUT2D eigenvalue weighted by Crippen LogP contribution is -2.41. The number of thiophene rings is 1. The number of amides is 1. The number of alkyl halides is 3. The topological polar surface area (TPSA) is 61.2 Å². The summed E-state index contributed by atoms with van der Waals surface area (Å²) < 4.78 is 41.5. The van der Waals surface area contributed by atoms with Crippen LogP contribution in [0.25, 0.3) is 0 Å². The Hall–Kier alpha value is -2.92. The van der Waals surface area contributed by atoms with E-state index >= 15 is 0 Å². The molecule has 1 aromatic carbocycles. The Bertz CT molecular complexity index is 1270. The van der Waals surface area contributed by atoms with Crippen molar-refractivity contribution in [2.45, 2.75) is 76.3 Å². The van der Waals surface area contributed by atoms with Gasteiger partial charge in [-0.3, -0.25) is 14.5 Å². The summed E-state index contributed by atoms with van der Waals surface area (Å²) in [5, 5.41) is 10.6. The van der Waals surface area contributed by atoms with Crippen molar-refractivity contribution in [1.82, 2.24) is 0 Å². The summed E-state index contributed by atoms with van der Waals surface area (Å²) in [6, 6.07) is 7.53. The Labute approximate surface area is 206 Å². The number of benzene rings is 1. The summed E-state index contributed by atoms with van der Waals surface area (Å²) in [4.78, 5) is 29.4. The van der Waals surface area contributed by atoms with Gasteiger partial charge in [-0.15, -0.1) is 11.3 Å². The van der Waals surface area contributed by atoms with Gasteiger partial charge in [0.2, 0.25) is 5.91 Å². The van der Waals surface area contributed by atoms with Gasteiger partial charge >= 0.3 is 6.18 Å². The molecular weight excluding hydrogens is 473 g/mol. The van der Waals surface area contributed by atoms with Crippen LogP contribution in [0.3, 0.4) is 0 Å². The minimum atomic E-state index is -4.59. The SMILES string of the molecule is N#Cc1c(N2C(=O)CC(c3ccccc3C(F)(F)F)C3=C2CCCC3=O)sc2c1CCCCCC2. The van der Waals surface area contributed by atoms with Gasteiger partial charge in [-0.05, 0) is 55.7 Å². The summed E-state index contributed by atoms with van der Waals surface area (Å²) in [5.74, 6) is -1.50. The second-order valence-electron chi connectivity index (χ2n) is 9.42. The van der Waals surface area contributed by atoms with Crippen molar-refractivity contribution in [2.24, 2.45) is 0 Å². The molecule has 182 valence electrons. The third kappa shape index (κ3) is 4.20. The lowest BCUT2D eigenvalue weighted by Gasteiger charge is -2.38. The predicted octanol–water partition coefficient (Wildman–Crippen LogP) is 6.83. The number of ketones is 1. The molecule has 0 spiro atoms. The number of carbonyl (C=O) groups is 2. The van der Waals surface area contributed by atoms with Gasteiger partial charge in [-0.2, -0.15) is 18.4 Å². The second kappa shape index (κ2) is 9.27. The maximum atomic E-state index is 13.8. The van der Waals surface area contributed by atoms with Gasteiger partial charge in [0.05, 0.1) is 11.1 Å². The minimum Gasteiger partial charge on any atom is -0.294 e. The predicted molar refractivity (Wildman–Crippen MR) is 127 cm³/mol. The molecule has 0 N–H and O–H groups in total. The van der Waals surface area contributed by atoms with E-state index in [2.05, 4.69) is 6.07 Å². The van der Waals surface area contributed by atoms with Crippen molar-refractivity contribution < 1.29 is 22.8 Å². The van der Waals surface area contributed by atoms with Gasteiger partial charge in [0.15, 0.2) is 5.78 Å². The fourth-order valence-electron chi connectivity index (χ4n) is 5.73. The lowest BCUT2D eigenvalue weighted by atomic mass is 9.76. The zero-order chi connectivity index (χ0) is 24.7. The molecule has 3 aliphatic rings. The van der Waals surface area contributed by atoms with Crippen LogP contribution in [-0.4, -0.2) is 11.7 Å². The van der Waals surface area contributed by atoms with Gasteiger partial charge in [0, 0.05) is 34.9 Å². The number of nitriles is 1. The first-order valence-electron chi connectivity index (χ1n) is 12.1. The number of nitrogens with zero attached hydrogens (tertiary/aromatic N) is 2. The number of halogens is 3. The Balaban J connectivity index is 1.68. The maximum absolute atomic E-state index is 13.8. The summed E-state index contributed by atoms with van der Waals surface area (Å²) in [7, 11) is 0. The number of anilines is 1. The van der Waals surface area contributed by atoms with Gasteiger partial charge in [-0.1, -0.05) is 31.0 Å². The Morgan fingerprint density at radius 3 is 2.46 bits per heavy atom. The van der Waals surface area contributed by atoms with Gasteiger partial charge in [0.1, 0.15) is 11.1 Å². The molecule has 5 rings (SSSR count). The largest absolute Gasteiger partial charge is 0.416 e. The van der Waals surface area contributed by atoms with Crippen molar-refractivity contribution in [2.75, 3.05) is 4.90 Å². The highest BCUT2D eigenvalue weighted by atomic mass is 32.1. The molecule has 1 atom stereocenters. The zero-order valence-corrected chi connectivity index (χ0v) is 20.0. The Morgan fingerprint density at radius 2 is 1.71 bits per heavy atom. The molecule has 0 bridgehead atoms. The van der Waals surface area contributed by atoms with E-state index < -0.39 is 17.7 Å². The molecule has 1 aromatic heterocycles. The van der Waals surface area contributed by atoms with E-state index in [1.165, 1.54) is 34.4 Å². The van der Waals surface area contributed by atoms with E-state index in [9.17, 15) is 28.0 Å². The lowest BCUT2D eigenvalue weighted by molar-refractivity contribution is -0.138. The summed E-state index contributed by atoms with van der Waals surface area (Å²) in [5.41, 5.74) is 1.42. The molecule has 2 aromatic rings. The molecule has 0 saturated heterocycles. The van der Waals surface area contributed by atoms with E-state index in [4.69, 9.17) is 0 Å². The molecular formula is C27H25F3N2O2S. The van der Waals surface area contributed by atoms with Crippen LogP contribution in [0.15, 0.2) is 35.5 Å². The molecule has 1 aliphatic heterocycles. The van der Waals surface area contributed by atoms with Crippen LogP contribution in [0.4, 0.5) is 18.2 Å². The Kier molecular flexibility index (Phi) is 6.30. The molecule has 1 unspecified atom stereocenters. The molecule has 0 fully saturated rings. The molecule has 2 heterocycles. The number of rotatable bonds is 2. The smallest absolute Gasteiger partial charge is 0.294 e. The van der Waals surface area contributed by atoms with Crippen LogP contribution >= 0.6 is 11.3 Å². The number of allylic oxidation sites excluding steroid dienone is 2. The first-order valence-corrected chi connectivity index (χ1v) is 12.9. The van der Waals surface area contributed by atoms with Crippen LogP contribution < -0.4 is 4.90 Å². The Morgan fingerprint density at radius 1 is 0.971 bits per heavy atom. The zero-order valence-electron chi connectivity index (χ0n) is 19.2. The standard InChI is InChI=1S/C27H25F3N2O2S/c28-27(29,30)20-10-6-5-8-16(20)18-14-24(34)32(21-11-7-12-22(33)25(18)21)26-19(15-31)17-9-3-1-2-4-13-23(17)35-26/h5-6,8,10,18H,1-4,7,9,11-14H2. The average Bonchev–Trinajstić information content (AvgIpc) is 3.13.